The number of nitrogens with one attached hydrogen (secondary N) is 1. The van der Waals surface area contributed by atoms with Gasteiger partial charge in [-0.15, -0.1) is 0 Å². The number of aliphatic hydroxyl groups is 1. The molecule has 0 bridgehead atoms. The van der Waals surface area contributed by atoms with Gasteiger partial charge in [0, 0.05) is 25.7 Å². The summed E-state index contributed by atoms with van der Waals surface area (Å²) in [6.07, 6.45) is 2.09. The van der Waals surface area contributed by atoms with Crippen LogP contribution in [0.5, 0.6) is 0 Å². The Morgan fingerprint density at radius 2 is 2.16 bits per heavy atom. The van der Waals surface area contributed by atoms with Crippen LogP contribution in [0, 0.1) is 6.92 Å². The van der Waals surface area contributed by atoms with Crippen LogP contribution in [-0.4, -0.2) is 46.3 Å². The van der Waals surface area contributed by atoms with E-state index in [0.29, 0.717) is 31.8 Å². The highest BCUT2D eigenvalue weighted by atomic mass is 16.5. The van der Waals surface area contributed by atoms with Crippen LogP contribution in [0.2, 0.25) is 0 Å². The number of carbonyl (C=O) groups is 1. The minimum Gasteiger partial charge on any atom is -0.379 e. The number of likely N-dealkylation sites (tertiary alicyclic amines) is 1. The molecule has 1 unspecified atom stereocenters. The van der Waals surface area contributed by atoms with E-state index in [9.17, 15) is 9.90 Å². The first kappa shape index (κ1) is 17.6. The predicted molar refractivity (Wildman–Crippen MR) is 93.9 cm³/mol. The van der Waals surface area contributed by atoms with Crippen LogP contribution < -0.4 is 5.32 Å². The van der Waals surface area contributed by atoms with Gasteiger partial charge in [0.05, 0.1) is 12.2 Å². The Kier molecular flexibility index (Phi) is 5.50. The third kappa shape index (κ3) is 4.46. The van der Waals surface area contributed by atoms with E-state index < -0.39 is 5.60 Å². The first-order valence-electron chi connectivity index (χ1n) is 8.75. The lowest BCUT2D eigenvalue weighted by Crippen LogP contribution is -2.58. The first-order valence-corrected chi connectivity index (χ1v) is 8.75. The molecule has 3 rings (SSSR count). The number of benzene rings is 1. The summed E-state index contributed by atoms with van der Waals surface area (Å²) in [7, 11) is 0. The minimum atomic E-state index is -1.34. The molecule has 1 fully saturated rings. The number of hydrogen-bond acceptors (Lipinski definition) is 5. The van der Waals surface area contributed by atoms with E-state index in [1.54, 1.807) is 4.90 Å². The molecule has 0 saturated carbocycles. The van der Waals surface area contributed by atoms with Crippen molar-refractivity contribution in [2.45, 2.75) is 38.3 Å². The van der Waals surface area contributed by atoms with Crippen molar-refractivity contribution in [1.82, 2.24) is 15.4 Å². The van der Waals surface area contributed by atoms with Gasteiger partial charge in [0.2, 0.25) is 0 Å². The van der Waals surface area contributed by atoms with Crippen molar-refractivity contribution in [1.29, 1.82) is 0 Å². The van der Waals surface area contributed by atoms with Gasteiger partial charge in [0.1, 0.15) is 0 Å². The summed E-state index contributed by atoms with van der Waals surface area (Å²) in [5, 5.41) is 17.7. The van der Waals surface area contributed by atoms with Gasteiger partial charge in [-0.1, -0.05) is 35.5 Å². The molecule has 2 N–H and O–H groups in total. The summed E-state index contributed by atoms with van der Waals surface area (Å²) in [6.45, 7) is 3.85. The lowest BCUT2D eigenvalue weighted by molar-refractivity contribution is -0.156. The predicted octanol–water partition coefficient (Wildman–Crippen LogP) is 1.67. The van der Waals surface area contributed by atoms with Crippen molar-refractivity contribution in [2.24, 2.45) is 0 Å². The molecule has 2 heterocycles. The van der Waals surface area contributed by atoms with Crippen LogP contribution in [0.15, 0.2) is 40.9 Å². The van der Waals surface area contributed by atoms with E-state index in [1.807, 2.05) is 31.2 Å². The SMILES string of the molecule is Cc1cc(CNCC2(O)CCCN(CCc3ccccc3)C2=O)on1. The fourth-order valence-electron chi connectivity index (χ4n) is 3.24. The van der Waals surface area contributed by atoms with Crippen LogP contribution in [-0.2, 0) is 17.8 Å². The molecule has 6 nitrogen and oxygen atoms in total. The zero-order valence-corrected chi connectivity index (χ0v) is 14.6. The Bertz CT molecular complexity index is 701. The average Bonchev–Trinajstić information content (AvgIpc) is 3.03. The summed E-state index contributed by atoms with van der Waals surface area (Å²) < 4.78 is 5.13. The third-order valence-electron chi connectivity index (χ3n) is 4.61. The van der Waals surface area contributed by atoms with E-state index >= 15 is 0 Å². The molecule has 0 radical (unpaired) electrons. The molecule has 1 aromatic heterocycles. The number of piperidine rings is 1. The van der Waals surface area contributed by atoms with E-state index in [-0.39, 0.29) is 12.5 Å². The van der Waals surface area contributed by atoms with Crippen LogP contribution in [0.1, 0.15) is 29.9 Å². The number of aryl methyl sites for hydroxylation is 1. The van der Waals surface area contributed by atoms with Crippen LogP contribution in [0.3, 0.4) is 0 Å². The number of carbonyl (C=O) groups excluding carboxylic acids is 1. The van der Waals surface area contributed by atoms with Gasteiger partial charge >= 0.3 is 0 Å². The molecule has 0 spiro atoms. The van der Waals surface area contributed by atoms with Gasteiger partial charge < -0.3 is 19.8 Å². The monoisotopic (exact) mass is 343 g/mol. The van der Waals surface area contributed by atoms with Crippen LogP contribution >= 0.6 is 0 Å². The Labute approximate surface area is 147 Å². The van der Waals surface area contributed by atoms with Gasteiger partial charge in [0.25, 0.3) is 5.91 Å². The number of amides is 1. The van der Waals surface area contributed by atoms with Crippen molar-refractivity contribution >= 4 is 5.91 Å². The number of hydrogen-bond donors (Lipinski definition) is 2. The molecule has 25 heavy (non-hydrogen) atoms. The summed E-state index contributed by atoms with van der Waals surface area (Å²) >= 11 is 0. The molecule has 1 amide bonds. The summed E-state index contributed by atoms with van der Waals surface area (Å²) in [5.74, 6) is 0.515. The van der Waals surface area contributed by atoms with Gasteiger partial charge in [-0.2, -0.15) is 0 Å². The van der Waals surface area contributed by atoms with Crippen molar-refractivity contribution in [3.05, 3.63) is 53.4 Å². The van der Waals surface area contributed by atoms with Crippen molar-refractivity contribution < 1.29 is 14.4 Å². The second-order valence-corrected chi connectivity index (χ2v) is 6.70. The fraction of sp³-hybridized carbons (Fsp3) is 0.474. The average molecular weight is 343 g/mol. The molecular weight excluding hydrogens is 318 g/mol. The van der Waals surface area contributed by atoms with Crippen LogP contribution in [0.25, 0.3) is 0 Å². The third-order valence-corrected chi connectivity index (χ3v) is 4.61. The van der Waals surface area contributed by atoms with E-state index in [2.05, 4.69) is 22.6 Å². The van der Waals surface area contributed by atoms with E-state index in [1.165, 1.54) is 5.56 Å². The lowest BCUT2D eigenvalue weighted by Gasteiger charge is -2.38. The van der Waals surface area contributed by atoms with Crippen molar-refractivity contribution in [2.75, 3.05) is 19.6 Å². The smallest absolute Gasteiger partial charge is 0.255 e. The van der Waals surface area contributed by atoms with E-state index in [0.717, 1.165) is 18.5 Å². The molecule has 0 aliphatic carbocycles. The quantitative estimate of drug-likeness (QED) is 0.799. The van der Waals surface area contributed by atoms with Gasteiger partial charge in [-0.25, -0.2) is 0 Å². The number of nitrogens with zero attached hydrogens (tertiary/aromatic N) is 2. The minimum absolute atomic E-state index is 0.184. The van der Waals surface area contributed by atoms with Gasteiger partial charge in [-0.05, 0) is 31.7 Å². The standard InChI is InChI=1S/C19H25N3O3/c1-15-12-17(25-21-15)13-20-14-19(24)9-5-10-22(18(19)23)11-8-16-6-3-2-4-7-16/h2-4,6-7,12,20,24H,5,8-11,13-14H2,1H3. The Balaban J connectivity index is 1.52. The van der Waals surface area contributed by atoms with Gasteiger partial charge in [-0.3, -0.25) is 4.79 Å². The zero-order chi connectivity index (χ0) is 17.7. The van der Waals surface area contributed by atoms with Crippen molar-refractivity contribution in [3.63, 3.8) is 0 Å². The maximum Gasteiger partial charge on any atom is 0.255 e. The molecule has 1 atom stereocenters. The zero-order valence-electron chi connectivity index (χ0n) is 14.6. The number of aromatic nitrogens is 1. The van der Waals surface area contributed by atoms with Crippen molar-refractivity contribution in [3.8, 4) is 0 Å². The lowest BCUT2D eigenvalue weighted by atomic mass is 9.91. The largest absolute Gasteiger partial charge is 0.379 e. The topological polar surface area (TPSA) is 78.6 Å². The Hall–Kier alpha value is -2.18. The molecule has 6 heteroatoms. The Morgan fingerprint density at radius 3 is 2.88 bits per heavy atom. The second-order valence-electron chi connectivity index (χ2n) is 6.70. The summed E-state index contributed by atoms with van der Waals surface area (Å²) in [4.78, 5) is 14.5. The molecule has 1 aliphatic rings. The molecule has 134 valence electrons. The highest BCUT2D eigenvalue weighted by molar-refractivity contribution is 5.86. The normalized spacial score (nSPS) is 20.9. The summed E-state index contributed by atoms with van der Waals surface area (Å²) in [6, 6.07) is 11.9. The van der Waals surface area contributed by atoms with E-state index in [4.69, 9.17) is 4.52 Å². The van der Waals surface area contributed by atoms with Crippen LogP contribution in [0.4, 0.5) is 0 Å². The number of rotatable bonds is 7. The molecule has 2 aromatic rings. The second kappa shape index (κ2) is 7.80. The molecule has 1 aromatic carbocycles. The van der Waals surface area contributed by atoms with Gasteiger partial charge in [0.15, 0.2) is 11.4 Å². The maximum absolute atomic E-state index is 12.7. The summed E-state index contributed by atoms with van der Waals surface area (Å²) in [5.41, 5.74) is 0.670. The first-order chi connectivity index (χ1) is 12.1. The molecular formula is C19H25N3O3. The highest BCUT2D eigenvalue weighted by Crippen LogP contribution is 2.22. The molecule has 1 saturated heterocycles. The Morgan fingerprint density at radius 1 is 1.36 bits per heavy atom. The molecule has 1 aliphatic heterocycles. The fourth-order valence-corrected chi connectivity index (χ4v) is 3.24. The maximum atomic E-state index is 12.7. The highest BCUT2D eigenvalue weighted by Gasteiger charge is 2.41.